The maximum Gasteiger partial charge on any atom is 0.275 e. The number of carbonyl (C=O) groups excluding carboxylic acids is 2. The van der Waals surface area contributed by atoms with Gasteiger partial charge in [0.25, 0.3) is 11.5 Å². The van der Waals surface area contributed by atoms with Gasteiger partial charge in [0.1, 0.15) is 11.8 Å². The number of fused-ring (bicyclic) bond motifs is 1. The summed E-state index contributed by atoms with van der Waals surface area (Å²) in [7, 11) is 1.51. The molecular weight excluding hydrogens is 274 g/mol. The molecule has 2 heterocycles. The van der Waals surface area contributed by atoms with Crippen molar-refractivity contribution in [3.05, 3.63) is 34.7 Å². The molecule has 21 heavy (non-hydrogen) atoms. The van der Waals surface area contributed by atoms with Gasteiger partial charge in [-0.15, -0.1) is 0 Å². The van der Waals surface area contributed by atoms with E-state index < -0.39 is 11.9 Å². The monoisotopic (exact) mass is 287 g/mol. The van der Waals surface area contributed by atoms with Crippen molar-refractivity contribution < 1.29 is 14.3 Å². The molecule has 1 fully saturated rings. The van der Waals surface area contributed by atoms with Crippen LogP contribution in [0.5, 0.6) is 5.75 Å². The lowest BCUT2D eigenvalue weighted by Crippen LogP contribution is -2.45. The molecule has 0 aliphatic carbocycles. The van der Waals surface area contributed by atoms with Crippen molar-refractivity contribution >= 4 is 22.6 Å². The van der Waals surface area contributed by atoms with Crippen LogP contribution in [0.4, 0.5) is 0 Å². The molecule has 1 aromatic carbocycles. The zero-order chi connectivity index (χ0) is 15.0. The summed E-state index contributed by atoms with van der Waals surface area (Å²) in [6.07, 6.45) is 1.97. The van der Waals surface area contributed by atoms with Crippen molar-refractivity contribution in [1.82, 2.24) is 15.1 Å². The Morgan fingerprint density at radius 3 is 2.81 bits per heavy atom. The molecular formula is C14H13N3O4. The lowest BCUT2D eigenvalue weighted by atomic mass is 10.1. The number of aromatic nitrogens is 2. The number of ether oxygens (including phenoxy) is 1. The van der Waals surface area contributed by atoms with E-state index in [1.54, 1.807) is 18.2 Å². The highest BCUT2D eigenvalue weighted by atomic mass is 16.5. The van der Waals surface area contributed by atoms with E-state index in [-0.39, 0.29) is 24.3 Å². The number of hydrogen-bond donors (Lipinski definition) is 1. The third-order valence-electron chi connectivity index (χ3n) is 3.54. The first-order chi connectivity index (χ1) is 10.1. The molecule has 2 aromatic rings. The Hall–Kier alpha value is -2.70. The number of benzene rings is 1. The van der Waals surface area contributed by atoms with Crippen LogP contribution in [-0.2, 0) is 9.59 Å². The maximum atomic E-state index is 12.5. The van der Waals surface area contributed by atoms with Crippen LogP contribution in [0.2, 0.25) is 0 Å². The average molecular weight is 287 g/mol. The van der Waals surface area contributed by atoms with Gasteiger partial charge in [-0.25, -0.2) is 4.68 Å². The Kier molecular flexibility index (Phi) is 3.17. The van der Waals surface area contributed by atoms with Gasteiger partial charge in [0.05, 0.1) is 18.7 Å². The molecule has 0 radical (unpaired) electrons. The van der Waals surface area contributed by atoms with Crippen molar-refractivity contribution in [1.29, 1.82) is 0 Å². The molecule has 0 bridgehead atoms. The second-order valence-corrected chi connectivity index (χ2v) is 4.78. The minimum absolute atomic E-state index is 0.195. The topological polar surface area (TPSA) is 90.3 Å². The van der Waals surface area contributed by atoms with E-state index in [4.69, 9.17) is 4.74 Å². The van der Waals surface area contributed by atoms with E-state index >= 15 is 0 Å². The number of imide groups is 1. The Morgan fingerprint density at radius 1 is 1.29 bits per heavy atom. The summed E-state index contributed by atoms with van der Waals surface area (Å²) in [5, 5.41) is 7.31. The molecule has 1 saturated heterocycles. The lowest BCUT2D eigenvalue weighted by Gasteiger charge is -2.21. The van der Waals surface area contributed by atoms with Gasteiger partial charge in [0.2, 0.25) is 5.91 Å². The number of carbonyl (C=O) groups is 2. The van der Waals surface area contributed by atoms with Gasteiger partial charge in [0.15, 0.2) is 0 Å². The van der Waals surface area contributed by atoms with Gasteiger partial charge in [-0.1, -0.05) is 6.07 Å². The van der Waals surface area contributed by atoms with Crippen molar-refractivity contribution in [3.8, 4) is 5.75 Å². The van der Waals surface area contributed by atoms with Crippen LogP contribution in [0.1, 0.15) is 18.9 Å². The molecule has 7 heteroatoms. The number of methoxy groups -OCH3 is 1. The quantitative estimate of drug-likeness (QED) is 0.807. The van der Waals surface area contributed by atoms with Gasteiger partial charge in [-0.05, 0) is 18.6 Å². The van der Waals surface area contributed by atoms with E-state index in [9.17, 15) is 14.4 Å². The minimum atomic E-state index is -0.759. The SMILES string of the molecule is COc1cccc2c(=O)n(C3CCC(=O)NC3=O)ncc12. The molecule has 1 aromatic heterocycles. The third kappa shape index (κ3) is 2.16. The first kappa shape index (κ1) is 13.3. The summed E-state index contributed by atoms with van der Waals surface area (Å²) in [6, 6.07) is 4.34. The second-order valence-electron chi connectivity index (χ2n) is 4.78. The van der Waals surface area contributed by atoms with E-state index in [0.717, 1.165) is 4.68 Å². The number of nitrogens with zero attached hydrogens (tertiary/aromatic N) is 2. The summed E-state index contributed by atoms with van der Waals surface area (Å²) < 4.78 is 6.32. The number of nitrogens with one attached hydrogen (secondary N) is 1. The Bertz CT molecular complexity index is 796. The zero-order valence-corrected chi connectivity index (χ0v) is 11.3. The van der Waals surface area contributed by atoms with Crippen LogP contribution in [0.3, 0.4) is 0 Å². The van der Waals surface area contributed by atoms with E-state index in [2.05, 4.69) is 10.4 Å². The van der Waals surface area contributed by atoms with Crippen molar-refractivity contribution in [3.63, 3.8) is 0 Å². The van der Waals surface area contributed by atoms with Gasteiger partial charge in [0, 0.05) is 11.8 Å². The predicted molar refractivity (Wildman–Crippen MR) is 74.0 cm³/mol. The number of rotatable bonds is 2. The van der Waals surface area contributed by atoms with Crippen molar-refractivity contribution in [2.75, 3.05) is 7.11 Å². The van der Waals surface area contributed by atoms with E-state index in [0.29, 0.717) is 16.5 Å². The zero-order valence-electron chi connectivity index (χ0n) is 11.3. The normalized spacial score (nSPS) is 18.6. The first-order valence-electron chi connectivity index (χ1n) is 6.50. The molecule has 3 rings (SSSR count). The highest BCUT2D eigenvalue weighted by Crippen LogP contribution is 2.23. The molecule has 108 valence electrons. The lowest BCUT2D eigenvalue weighted by molar-refractivity contribution is -0.136. The van der Waals surface area contributed by atoms with Crippen molar-refractivity contribution in [2.24, 2.45) is 0 Å². The highest BCUT2D eigenvalue weighted by Gasteiger charge is 2.30. The van der Waals surface area contributed by atoms with Crippen LogP contribution in [-0.4, -0.2) is 28.7 Å². The molecule has 7 nitrogen and oxygen atoms in total. The summed E-state index contributed by atoms with van der Waals surface area (Å²) in [4.78, 5) is 35.5. The van der Waals surface area contributed by atoms with Crippen LogP contribution >= 0.6 is 0 Å². The largest absolute Gasteiger partial charge is 0.496 e. The summed E-state index contributed by atoms with van der Waals surface area (Å²) in [6.45, 7) is 0. The van der Waals surface area contributed by atoms with E-state index in [1.807, 2.05) is 0 Å². The fourth-order valence-electron chi connectivity index (χ4n) is 2.47. The summed E-state index contributed by atoms with van der Waals surface area (Å²) >= 11 is 0. The smallest absolute Gasteiger partial charge is 0.275 e. The predicted octanol–water partition coefficient (Wildman–Crippen LogP) is 0.383. The fourth-order valence-corrected chi connectivity index (χ4v) is 2.47. The van der Waals surface area contributed by atoms with Crippen LogP contribution < -0.4 is 15.6 Å². The van der Waals surface area contributed by atoms with Gasteiger partial charge in [-0.2, -0.15) is 5.10 Å². The Balaban J connectivity index is 2.13. The molecule has 1 unspecified atom stereocenters. The first-order valence-corrected chi connectivity index (χ1v) is 6.50. The van der Waals surface area contributed by atoms with Gasteiger partial charge < -0.3 is 4.74 Å². The van der Waals surface area contributed by atoms with Crippen LogP contribution in [0, 0.1) is 0 Å². The molecule has 1 aliphatic rings. The summed E-state index contributed by atoms with van der Waals surface area (Å²) in [5.41, 5.74) is -0.374. The maximum absolute atomic E-state index is 12.5. The molecule has 0 saturated carbocycles. The van der Waals surface area contributed by atoms with Gasteiger partial charge in [-0.3, -0.25) is 19.7 Å². The van der Waals surface area contributed by atoms with Crippen molar-refractivity contribution in [2.45, 2.75) is 18.9 Å². The third-order valence-corrected chi connectivity index (χ3v) is 3.54. The fraction of sp³-hybridized carbons (Fsp3) is 0.286. The highest BCUT2D eigenvalue weighted by molar-refractivity contribution is 5.99. The molecule has 2 amide bonds. The number of hydrogen-bond acceptors (Lipinski definition) is 5. The molecule has 1 aliphatic heterocycles. The summed E-state index contributed by atoms with van der Waals surface area (Å²) in [5.74, 6) is -0.276. The number of amides is 2. The average Bonchev–Trinajstić information content (AvgIpc) is 2.48. The standard InChI is InChI=1S/C14H13N3O4/c1-21-11-4-2-3-8-9(11)7-15-17(14(8)20)10-5-6-12(18)16-13(10)19/h2-4,7,10H,5-6H2,1H3,(H,16,18,19). The van der Waals surface area contributed by atoms with Gasteiger partial charge >= 0.3 is 0 Å². The molecule has 1 N–H and O–H groups in total. The minimum Gasteiger partial charge on any atom is -0.496 e. The second kappa shape index (κ2) is 5.01. The molecule has 0 spiro atoms. The Labute approximate surface area is 119 Å². The van der Waals surface area contributed by atoms with E-state index in [1.165, 1.54) is 13.3 Å². The van der Waals surface area contributed by atoms with Crippen LogP contribution in [0.25, 0.3) is 10.8 Å². The Morgan fingerprint density at radius 2 is 2.10 bits per heavy atom. The molecule has 1 atom stereocenters. The number of piperidine rings is 1. The van der Waals surface area contributed by atoms with Crippen LogP contribution in [0.15, 0.2) is 29.2 Å².